The standard InChI is InChI=1S/C21H27N5O2/c27-20(12-19-24-17-5-1-2-6-18(17)25-19)26-11-8-15(14-26)7-10-23-21(28)16-4-3-9-22-13-16/h3-4,9,13,15H,1-2,5-8,10-12,14H2,(H,23,28)(H,24,25)/t15-/m0/s1. The van der Waals surface area contributed by atoms with E-state index in [-0.39, 0.29) is 11.8 Å². The smallest absolute Gasteiger partial charge is 0.252 e. The van der Waals surface area contributed by atoms with Crippen molar-refractivity contribution in [2.45, 2.75) is 44.9 Å². The number of hydrogen-bond donors (Lipinski definition) is 2. The summed E-state index contributed by atoms with van der Waals surface area (Å²) in [5, 5.41) is 2.94. The lowest BCUT2D eigenvalue weighted by Crippen LogP contribution is -2.31. The number of aromatic nitrogens is 3. The van der Waals surface area contributed by atoms with Crippen LogP contribution in [-0.2, 0) is 24.1 Å². The maximum Gasteiger partial charge on any atom is 0.252 e. The van der Waals surface area contributed by atoms with Gasteiger partial charge in [0.05, 0.1) is 17.7 Å². The first-order valence-corrected chi connectivity index (χ1v) is 10.2. The summed E-state index contributed by atoms with van der Waals surface area (Å²) in [7, 11) is 0. The van der Waals surface area contributed by atoms with E-state index in [9.17, 15) is 9.59 Å². The number of carbonyl (C=O) groups is 2. The van der Waals surface area contributed by atoms with Crippen molar-refractivity contribution < 1.29 is 9.59 Å². The molecule has 1 saturated heterocycles. The highest BCUT2D eigenvalue weighted by molar-refractivity contribution is 5.93. The van der Waals surface area contributed by atoms with Gasteiger partial charge in [-0.05, 0) is 56.6 Å². The quantitative estimate of drug-likeness (QED) is 0.799. The van der Waals surface area contributed by atoms with Crippen molar-refractivity contribution in [1.82, 2.24) is 25.2 Å². The van der Waals surface area contributed by atoms with Crippen LogP contribution in [-0.4, -0.2) is 51.3 Å². The molecule has 2 aliphatic rings. The number of pyridine rings is 1. The summed E-state index contributed by atoms with van der Waals surface area (Å²) >= 11 is 0. The van der Waals surface area contributed by atoms with E-state index in [2.05, 4.69) is 20.3 Å². The predicted octanol–water partition coefficient (Wildman–Crippen LogP) is 1.89. The van der Waals surface area contributed by atoms with Crippen LogP contribution in [0.25, 0.3) is 0 Å². The lowest BCUT2D eigenvalue weighted by atomic mass is 10.0. The summed E-state index contributed by atoms with van der Waals surface area (Å²) in [5.41, 5.74) is 2.95. The third-order valence-electron chi connectivity index (χ3n) is 5.72. The van der Waals surface area contributed by atoms with Crippen molar-refractivity contribution in [2.24, 2.45) is 5.92 Å². The highest BCUT2D eigenvalue weighted by Crippen LogP contribution is 2.22. The minimum absolute atomic E-state index is 0.0965. The molecule has 2 aromatic rings. The fourth-order valence-electron chi connectivity index (χ4n) is 4.13. The zero-order valence-corrected chi connectivity index (χ0v) is 16.1. The zero-order chi connectivity index (χ0) is 19.3. The second kappa shape index (κ2) is 8.54. The Morgan fingerprint density at radius 1 is 1.29 bits per heavy atom. The Morgan fingerprint density at radius 2 is 2.18 bits per heavy atom. The maximum absolute atomic E-state index is 12.6. The second-order valence-corrected chi connectivity index (χ2v) is 7.77. The Morgan fingerprint density at radius 3 is 3.00 bits per heavy atom. The number of carbonyl (C=O) groups excluding carboxylic acids is 2. The summed E-state index contributed by atoms with van der Waals surface area (Å²) in [6.07, 6.45) is 9.91. The minimum Gasteiger partial charge on any atom is -0.352 e. The summed E-state index contributed by atoms with van der Waals surface area (Å²) < 4.78 is 0. The number of nitrogens with zero attached hydrogens (tertiary/aromatic N) is 3. The molecule has 0 bridgehead atoms. The van der Waals surface area contributed by atoms with Crippen LogP contribution in [0, 0.1) is 5.92 Å². The number of hydrogen-bond acceptors (Lipinski definition) is 4. The van der Waals surface area contributed by atoms with Crippen LogP contribution in [0.4, 0.5) is 0 Å². The molecule has 0 spiro atoms. The summed E-state index contributed by atoms with van der Waals surface area (Å²) in [6, 6.07) is 3.51. The fourth-order valence-corrected chi connectivity index (χ4v) is 4.13. The van der Waals surface area contributed by atoms with E-state index in [0.29, 0.717) is 24.4 Å². The van der Waals surface area contributed by atoms with Gasteiger partial charge in [-0.25, -0.2) is 4.98 Å². The Kier molecular flexibility index (Phi) is 5.69. The number of fused-ring (bicyclic) bond motifs is 1. The van der Waals surface area contributed by atoms with Gasteiger partial charge in [-0.2, -0.15) is 0 Å². The van der Waals surface area contributed by atoms with E-state index in [0.717, 1.165) is 50.3 Å². The first-order valence-electron chi connectivity index (χ1n) is 10.2. The first kappa shape index (κ1) is 18.7. The van der Waals surface area contributed by atoms with Gasteiger partial charge in [0, 0.05) is 37.7 Å². The molecule has 1 atom stereocenters. The SMILES string of the molecule is O=C(NCC[C@H]1CCN(C(=O)Cc2nc3c([nH]2)CCCC3)C1)c1cccnc1. The summed E-state index contributed by atoms with van der Waals surface area (Å²) in [4.78, 5) is 38.6. The summed E-state index contributed by atoms with van der Waals surface area (Å²) in [6.45, 7) is 2.17. The molecular formula is C21H27N5O2. The molecule has 3 heterocycles. The fraction of sp³-hybridized carbons (Fsp3) is 0.524. The molecule has 7 heteroatoms. The number of imidazole rings is 1. The highest BCUT2D eigenvalue weighted by Gasteiger charge is 2.27. The third kappa shape index (κ3) is 4.40. The van der Waals surface area contributed by atoms with Crippen LogP contribution in [0.15, 0.2) is 24.5 Å². The largest absolute Gasteiger partial charge is 0.352 e. The van der Waals surface area contributed by atoms with Gasteiger partial charge in [0.1, 0.15) is 5.82 Å². The van der Waals surface area contributed by atoms with Crippen molar-refractivity contribution in [3.8, 4) is 0 Å². The topological polar surface area (TPSA) is 91.0 Å². The molecule has 1 fully saturated rings. The molecule has 0 aromatic carbocycles. The van der Waals surface area contributed by atoms with Gasteiger partial charge < -0.3 is 15.2 Å². The minimum atomic E-state index is -0.0965. The molecule has 2 amide bonds. The molecule has 2 N–H and O–H groups in total. The predicted molar refractivity (Wildman–Crippen MR) is 105 cm³/mol. The molecule has 1 aliphatic heterocycles. The van der Waals surface area contributed by atoms with Gasteiger partial charge in [0.15, 0.2) is 0 Å². The molecular weight excluding hydrogens is 354 g/mol. The zero-order valence-electron chi connectivity index (χ0n) is 16.1. The highest BCUT2D eigenvalue weighted by atomic mass is 16.2. The van der Waals surface area contributed by atoms with Crippen molar-refractivity contribution in [3.63, 3.8) is 0 Å². The van der Waals surface area contributed by atoms with Crippen LogP contribution in [0.3, 0.4) is 0 Å². The molecule has 0 saturated carbocycles. The van der Waals surface area contributed by atoms with E-state index in [1.165, 1.54) is 18.5 Å². The van der Waals surface area contributed by atoms with Gasteiger partial charge in [0.2, 0.25) is 5.91 Å². The van der Waals surface area contributed by atoms with Crippen molar-refractivity contribution >= 4 is 11.8 Å². The lowest BCUT2D eigenvalue weighted by Gasteiger charge is -2.16. The second-order valence-electron chi connectivity index (χ2n) is 7.77. The van der Waals surface area contributed by atoms with Crippen molar-refractivity contribution in [3.05, 3.63) is 47.3 Å². The van der Waals surface area contributed by atoms with Crippen LogP contribution < -0.4 is 5.32 Å². The van der Waals surface area contributed by atoms with E-state index in [1.807, 2.05) is 4.90 Å². The van der Waals surface area contributed by atoms with Crippen LogP contribution in [0.5, 0.6) is 0 Å². The molecule has 2 aromatic heterocycles. The number of aryl methyl sites for hydroxylation is 2. The van der Waals surface area contributed by atoms with Crippen molar-refractivity contribution in [1.29, 1.82) is 0 Å². The Balaban J connectivity index is 1.21. The van der Waals surface area contributed by atoms with E-state index in [4.69, 9.17) is 0 Å². The van der Waals surface area contributed by atoms with Gasteiger partial charge in [-0.1, -0.05) is 0 Å². The average Bonchev–Trinajstić information content (AvgIpc) is 3.35. The number of rotatable bonds is 6. The number of likely N-dealkylation sites (tertiary alicyclic amines) is 1. The Labute approximate surface area is 165 Å². The molecule has 148 valence electrons. The van der Waals surface area contributed by atoms with Gasteiger partial charge in [-0.15, -0.1) is 0 Å². The van der Waals surface area contributed by atoms with E-state index in [1.54, 1.807) is 24.5 Å². The van der Waals surface area contributed by atoms with Crippen LogP contribution in [0.2, 0.25) is 0 Å². The van der Waals surface area contributed by atoms with Gasteiger partial charge in [-0.3, -0.25) is 14.6 Å². The Hall–Kier alpha value is -2.70. The average molecular weight is 381 g/mol. The molecule has 7 nitrogen and oxygen atoms in total. The number of amides is 2. The van der Waals surface area contributed by atoms with E-state index >= 15 is 0 Å². The molecule has 0 radical (unpaired) electrons. The lowest BCUT2D eigenvalue weighted by molar-refractivity contribution is -0.129. The number of H-pyrrole nitrogens is 1. The Bertz CT molecular complexity index is 809. The summed E-state index contributed by atoms with van der Waals surface area (Å²) in [5.74, 6) is 1.29. The molecule has 28 heavy (non-hydrogen) atoms. The van der Waals surface area contributed by atoms with Gasteiger partial charge in [0.25, 0.3) is 5.91 Å². The van der Waals surface area contributed by atoms with Gasteiger partial charge >= 0.3 is 0 Å². The molecule has 4 rings (SSSR count). The monoisotopic (exact) mass is 381 g/mol. The maximum atomic E-state index is 12.6. The molecule has 0 unspecified atom stereocenters. The van der Waals surface area contributed by atoms with Crippen molar-refractivity contribution in [2.75, 3.05) is 19.6 Å². The molecule has 1 aliphatic carbocycles. The van der Waals surface area contributed by atoms with E-state index < -0.39 is 0 Å². The normalized spacial score (nSPS) is 18.7. The van der Waals surface area contributed by atoms with Crippen LogP contribution in [0.1, 0.15) is 53.3 Å². The third-order valence-corrected chi connectivity index (χ3v) is 5.72. The van der Waals surface area contributed by atoms with Crippen LogP contribution >= 0.6 is 0 Å². The number of nitrogens with one attached hydrogen (secondary N) is 2. The first-order chi connectivity index (χ1) is 13.7. The number of aromatic amines is 1.